The molecule has 1 fully saturated rings. The first-order chi connectivity index (χ1) is 14.6. The minimum Gasteiger partial charge on any atom is -0.494 e. The minimum absolute atomic E-state index is 0.429. The zero-order chi connectivity index (χ0) is 21.8. The van der Waals surface area contributed by atoms with Gasteiger partial charge in [0.2, 0.25) is 0 Å². The Morgan fingerprint density at radius 3 is 1.90 bits per heavy atom. The minimum atomic E-state index is -1.37. The van der Waals surface area contributed by atoms with Gasteiger partial charge in [0.05, 0.1) is 13.2 Å². The average molecular weight is 425 g/mol. The van der Waals surface area contributed by atoms with Crippen LogP contribution in [-0.2, 0) is 4.74 Å². The van der Waals surface area contributed by atoms with E-state index in [-0.39, 0.29) is 0 Å². The molecule has 0 spiro atoms. The van der Waals surface area contributed by atoms with Crippen molar-refractivity contribution in [3.63, 3.8) is 0 Å². The van der Waals surface area contributed by atoms with Gasteiger partial charge >= 0.3 is 0 Å². The van der Waals surface area contributed by atoms with Gasteiger partial charge in [0.1, 0.15) is 36.3 Å². The predicted octanol–water partition coefficient (Wildman–Crippen LogP) is 3.50. The molecule has 0 aliphatic carbocycles. The average Bonchev–Trinajstić information content (AvgIpc) is 2.77. The predicted molar refractivity (Wildman–Crippen MR) is 117 cm³/mol. The van der Waals surface area contributed by atoms with E-state index < -0.39 is 37.1 Å². The third-order valence-corrected chi connectivity index (χ3v) is 5.87. The van der Waals surface area contributed by atoms with Gasteiger partial charge in [-0.25, -0.2) is 0 Å². The van der Waals surface area contributed by atoms with Gasteiger partial charge in [0.15, 0.2) is 0 Å². The Morgan fingerprint density at radius 2 is 1.33 bits per heavy atom. The molecular formula is C24H40O6. The van der Waals surface area contributed by atoms with E-state index in [1.807, 2.05) is 12.1 Å². The molecular weight excluding hydrogens is 384 g/mol. The van der Waals surface area contributed by atoms with Gasteiger partial charge in [0.25, 0.3) is 0 Å². The Kier molecular flexibility index (Phi) is 11.7. The first kappa shape index (κ1) is 25.1. The lowest BCUT2D eigenvalue weighted by Gasteiger charge is -2.40. The summed E-state index contributed by atoms with van der Waals surface area (Å²) >= 11 is 0. The highest BCUT2D eigenvalue weighted by Gasteiger charge is 2.43. The van der Waals surface area contributed by atoms with Gasteiger partial charge < -0.3 is 29.9 Å². The molecule has 0 unspecified atom stereocenters. The molecule has 0 bridgehead atoms. The summed E-state index contributed by atoms with van der Waals surface area (Å²) in [5.41, 5.74) is 0.665. The third-order valence-electron chi connectivity index (χ3n) is 5.87. The van der Waals surface area contributed by atoms with Crippen LogP contribution in [0.15, 0.2) is 24.3 Å². The summed E-state index contributed by atoms with van der Waals surface area (Å²) in [5, 5.41) is 39.3. The second-order valence-corrected chi connectivity index (χ2v) is 8.35. The molecule has 1 aliphatic heterocycles. The van der Waals surface area contributed by atoms with Crippen molar-refractivity contribution in [1.82, 2.24) is 0 Å². The number of hydrogen-bond acceptors (Lipinski definition) is 6. The van der Waals surface area contributed by atoms with Crippen LogP contribution in [0.4, 0.5) is 0 Å². The molecule has 0 amide bonds. The van der Waals surface area contributed by atoms with E-state index in [1.54, 1.807) is 12.1 Å². The lowest BCUT2D eigenvalue weighted by Crippen LogP contribution is -2.55. The molecule has 1 heterocycles. The Labute approximate surface area is 180 Å². The van der Waals surface area contributed by atoms with Gasteiger partial charge in [-0.15, -0.1) is 0 Å². The summed E-state index contributed by atoms with van der Waals surface area (Å²) in [6.45, 7) is 2.49. The van der Waals surface area contributed by atoms with Crippen LogP contribution in [0.2, 0.25) is 0 Å². The van der Waals surface area contributed by atoms with Crippen LogP contribution in [-0.4, -0.2) is 58.1 Å². The van der Waals surface area contributed by atoms with Gasteiger partial charge in [-0.2, -0.15) is 0 Å². The second-order valence-electron chi connectivity index (χ2n) is 8.35. The normalized spacial score (nSPS) is 26.6. The largest absolute Gasteiger partial charge is 0.494 e. The van der Waals surface area contributed by atoms with Crippen molar-refractivity contribution >= 4 is 0 Å². The van der Waals surface area contributed by atoms with Crippen molar-refractivity contribution in [3.8, 4) is 5.75 Å². The van der Waals surface area contributed by atoms with E-state index in [1.165, 1.54) is 57.8 Å². The topological polar surface area (TPSA) is 99.4 Å². The smallest absolute Gasteiger partial charge is 0.119 e. The molecule has 0 aromatic heterocycles. The van der Waals surface area contributed by atoms with E-state index in [0.717, 1.165) is 12.2 Å². The van der Waals surface area contributed by atoms with Crippen LogP contribution in [0.3, 0.4) is 0 Å². The van der Waals surface area contributed by atoms with E-state index in [9.17, 15) is 20.4 Å². The van der Waals surface area contributed by atoms with Crippen molar-refractivity contribution in [2.45, 2.75) is 102 Å². The zero-order valence-corrected chi connectivity index (χ0v) is 18.3. The Morgan fingerprint density at radius 1 is 0.767 bits per heavy atom. The van der Waals surface area contributed by atoms with Gasteiger partial charge in [-0.1, -0.05) is 76.8 Å². The summed E-state index contributed by atoms with van der Waals surface area (Å²) in [6.07, 6.45) is 7.19. The molecule has 172 valence electrons. The molecule has 6 nitrogen and oxygen atoms in total. The summed E-state index contributed by atoms with van der Waals surface area (Å²) in [6, 6.07) is 7.18. The van der Waals surface area contributed by atoms with Gasteiger partial charge in [-0.05, 0) is 24.1 Å². The lowest BCUT2D eigenvalue weighted by atomic mass is 9.91. The molecule has 1 aliphatic rings. The molecule has 1 aromatic carbocycles. The fourth-order valence-electron chi connectivity index (χ4n) is 3.91. The van der Waals surface area contributed by atoms with Crippen molar-refractivity contribution < 1.29 is 29.9 Å². The summed E-state index contributed by atoms with van der Waals surface area (Å²) in [7, 11) is 0. The summed E-state index contributed by atoms with van der Waals surface area (Å²) in [5.74, 6) is 0.749. The Hall–Kier alpha value is -1.18. The number of aliphatic hydroxyl groups is 4. The quantitative estimate of drug-likeness (QED) is 0.341. The summed E-state index contributed by atoms with van der Waals surface area (Å²) < 4.78 is 11.4. The lowest BCUT2D eigenvalue weighted by molar-refractivity contribution is -0.231. The standard InChI is InChI=1S/C24H40O6/c1-2-3-4-5-6-7-8-9-10-11-16-29-19-14-12-18(13-15-19)24-23(28)22(27)21(26)20(17-25)30-24/h12-15,20-28H,2-11,16-17H2,1H3/t20-,21-,22+,23-,24+/m1/s1. The van der Waals surface area contributed by atoms with Crippen LogP contribution in [0.1, 0.15) is 82.8 Å². The van der Waals surface area contributed by atoms with E-state index in [2.05, 4.69) is 6.92 Å². The molecule has 30 heavy (non-hydrogen) atoms. The fourth-order valence-corrected chi connectivity index (χ4v) is 3.91. The first-order valence-corrected chi connectivity index (χ1v) is 11.6. The molecule has 1 saturated heterocycles. The Bertz CT molecular complexity index is 561. The van der Waals surface area contributed by atoms with Gasteiger partial charge in [-0.3, -0.25) is 0 Å². The number of benzene rings is 1. The Balaban J connectivity index is 1.64. The molecule has 0 radical (unpaired) electrons. The maximum atomic E-state index is 10.2. The first-order valence-electron chi connectivity index (χ1n) is 11.6. The highest BCUT2D eigenvalue weighted by Crippen LogP contribution is 2.33. The van der Waals surface area contributed by atoms with Crippen LogP contribution < -0.4 is 4.74 Å². The number of ether oxygens (including phenoxy) is 2. The number of unbranched alkanes of at least 4 members (excludes halogenated alkanes) is 9. The number of aliphatic hydroxyl groups excluding tert-OH is 4. The molecule has 2 rings (SSSR count). The van der Waals surface area contributed by atoms with Crippen molar-refractivity contribution in [1.29, 1.82) is 0 Å². The SMILES string of the molecule is CCCCCCCCCCCCOc1ccc([C@@H]2O[C@H](CO)[C@@H](O)[C@H](O)[C@H]2O)cc1. The molecule has 5 atom stereocenters. The van der Waals surface area contributed by atoms with Crippen LogP contribution in [0.5, 0.6) is 5.75 Å². The molecule has 1 aromatic rings. The molecule has 0 saturated carbocycles. The maximum Gasteiger partial charge on any atom is 0.119 e. The number of rotatable bonds is 14. The second kappa shape index (κ2) is 14.0. The van der Waals surface area contributed by atoms with Crippen molar-refractivity contribution in [2.75, 3.05) is 13.2 Å². The third kappa shape index (κ3) is 7.82. The fraction of sp³-hybridized carbons (Fsp3) is 0.750. The van der Waals surface area contributed by atoms with Crippen LogP contribution in [0.25, 0.3) is 0 Å². The van der Waals surface area contributed by atoms with E-state index in [4.69, 9.17) is 9.47 Å². The van der Waals surface area contributed by atoms with E-state index >= 15 is 0 Å². The summed E-state index contributed by atoms with van der Waals surface area (Å²) in [4.78, 5) is 0. The van der Waals surface area contributed by atoms with Crippen LogP contribution >= 0.6 is 0 Å². The maximum absolute atomic E-state index is 10.2. The van der Waals surface area contributed by atoms with Crippen molar-refractivity contribution in [3.05, 3.63) is 29.8 Å². The highest BCUT2D eigenvalue weighted by atomic mass is 16.5. The molecule has 4 N–H and O–H groups in total. The van der Waals surface area contributed by atoms with Gasteiger partial charge in [0, 0.05) is 0 Å². The number of hydrogen-bond donors (Lipinski definition) is 4. The zero-order valence-electron chi connectivity index (χ0n) is 18.3. The van der Waals surface area contributed by atoms with Crippen LogP contribution in [0, 0.1) is 0 Å². The monoisotopic (exact) mass is 424 g/mol. The van der Waals surface area contributed by atoms with Crippen molar-refractivity contribution in [2.24, 2.45) is 0 Å². The van der Waals surface area contributed by atoms with E-state index in [0.29, 0.717) is 12.2 Å². The molecule has 6 heteroatoms. The highest BCUT2D eigenvalue weighted by molar-refractivity contribution is 5.29.